The molecule has 0 bridgehead atoms. The van der Waals surface area contributed by atoms with Crippen LogP contribution >= 0.6 is 22.9 Å². The van der Waals surface area contributed by atoms with Crippen molar-refractivity contribution in [3.63, 3.8) is 0 Å². The topological polar surface area (TPSA) is 12.0 Å². The van der Waals surface area contributed by atoms with Crippen LogP contribution in [0.5, 0.6) is 0 Å². The summed E-state index contributed by atoms with van der Waals surface area (Å²) in [6, 6.07) is 4.01. The van der Waals surface area contributed by atoms with Gasteiger partial charge in [0, 0.05) is 4.88 Å². The van der Waals surface area contributed by atoms with Gasteiger partial charge in [0.2, 0.25) is 0 Å². The molecule has 0 saturated heterocycles. The molecule has 1 nitrogen and oxygen atoms in total. The van der Waals surface area contributed by atoms with Gasteiger partial charge in [-0.15, -0.1) is 11.3 Å². The first kappa shape index (κ1) is 7.06. The van der Waals surface area contributed by atoms with Crippen LogP contribution in [0.4, 0.5) is 0 Å². The molecule has 0 amide bonds. The predicted molar refractivity (Wildman–Crippen MR) is 42.0 cm³/mol. The van der Waals surface area contributed by atoms with Crippen LogP contribution in [0.25, 0.3) is 0 Å². The van der Waals surface area contributed by atoms with Crippen molar-refractivity contribution in [2.45, 2.75) is 5.50 Å². The third-order valence-electron chi connectivity index (χ3n) is 1.05. The fourth-order valence-electron chi connectivity index (χ4n) is 0.578. The van der Waals surface area contributed by atoms with Crippen LogP contribution in [0.1, 0.15) is 10.4 Å². The van der Waals surface area contributed by atoms with Crippen LogP contribution < -0.4 is 5.32 Å². The fourth-order valence-corrected chi connectivity index (χ4v) is 1.51. The maximum Gasteiger partial charge on any atom is 0.117 e. The number of rotatable bonds is 2. The Morgan fingerprint density at radius 3 is 3.00 bits per heavy atom. The van der Waals surface area contributed by atoms with Crippen molar-refractivity contribution in [3.8, 4) is 0 Å². The Balaban J connectivity index is 2.65. The third kappa shape index (κ3) is 1.68. The van der Waals surface area contributed by atoms with Crippen molar-refractivity contribution in [2.75, 3.05) is 7.05 Å². The van der Waals surface area contributed by atoms with Crippen molar-refractivity contribution < 1.29 is 0 Å². The van der Waals surface area contributed by atoms with E-state index in [4.69, 9.17) is 11.6 Å². The third-order valence-corrected chi connectivity index (χ3v) is 2.57. The number of hydrogen-bond acceptors (Lipinski definition) is 2. The fraction of sp³-hybridized carbons (Fsp3) is 0.333. The number of hydrogen-bond donors (Lipinski definition) is 1. The van der Waals surface area contributed by atoms with Crippen LogP contribution in [-0.4, -0.2) is 7.05 Å². The Labute approximate surface area is 63.7 Å². The van der Waals surface area contributed by atoms with Gasteiger partial charge in [-0.3, -0.25) is 0 Å². The quantitative estimate of drug-likeness (QED) is 0.518. The molecule has 0 radical (unpaired) electrons. The van der Waals surface area contributed by atoms with Gasteiger partial charge in [0.05, 0.1) is 0 Å². The monoisotopic (exact) mass is 161 g/mol. The van der Waals surface area contributed by atoms with Gasteiger partial charge in [-0.1, -0.05) is 17.7 Å². The normalized spacial score (nSPS) is 13.6. The predicted octanol–water partition coefficient (Wildman–Crippen LogP) is 2.20. The van der Waals surface area contributed by atoms with Crippen molar-refractivity contribution in [3.05, 3.63) is 22.4 Å². The maximum atomic E-state index is 5.83. The Bertz CT molecular complexity index is 162. The summed E-state index contributed by atoms with van der Waals surface area (Å²) in [5, 5.41) is 4.96. The van der Waals surface area contributed by atoms with E-state index in [2.05, 4.69) is 5.32 Å². The van der Waals surface area contributed by atoms with Crippen LogP contribution in [0.3, 0.4) is 0 Å². The largest absolute Gasteiger partial charge is 0.300 e. The molecule has 0 aliphatic carbocycles. The SMILES string of the molecule is CNC(Cl)c1cccs1. The Kier molecular flexibility index (Phi) is 2.51. The zero-order valence-corrected chi connectivity index (χ0v) is 6.67. The lowest BCUT2D eigenvalue weighted by molar-refractivity contribution is 0.797. The molecule has 1 aromatic heterocycles. The molecule has 0 spiro atoms. The highest BCUT2D eigenvalue weighted by Crippen LogP contribution is 2.20. The highest BCUT2D eigenvalue weighted by molar-refractivity contribution is 7.10. The molecule has 1 atom stereocenters. The lowest BCUT2D eigenvalue weighted by Crippen LogP contribution is -2.07. The number of nitrogens with one attached hydrogen (secondary N) is 1. The molecule has 1 unspecified atom stereocenters. The summed E-state index contributed by atoms with van der Waals surface area (Å²) in [4.78, 5) is 1.17. The summed E-state index contributed by atoms with van der Waals surface area (Å²) in [6.45, 7) is 0. The van der Waals surface area contributed by atoms with Gasteiger partial charge in [-0.2, -0.15) is 0 Å². The lowest BCUT2D eigenvalue weighted by Gasteiger charge is -2.02. The first-order valence-corrected chi connectivity index (χ1v) is 4.01. The molecule has 1 aromatic rings. The molecule has 3 heteroatoms. The standard InChI is InChI=1S/C6H8ClNS/c1-8-6(7)5-3-2-4-9-5/h2-4,6,8H,1H3. The second-order valence-electron chi connectivity index (χ2n) is 1.67. The number of thiophene rings is 1. The molecule has 0 saturated carbocycles. The minimum atomic E-state index is -0.0231. The van der Waals surface area contributed by atoms with E-state index in [1.165, 1.54) is 4.88 Å². The van der Waals surface area contributed by atoms with E-state index in [1.54, 1.807) is 11.3 Å². The molecule has 1 N–H and O–H groups in total. The average Bonchev–Trinajstić information content (AvgIpc) is 2.37. The van der Waals surface area contributed by atoms with Crippen LogP contribution in [0, 0.1) is 0 Å². The van der Waals surface area contributed by atoms with Crippen LogP contribution in [-0.2, 0) is 0 Å². The second kappa shape index (κ2) is 3.20. The zero-order valence-electron chi connectivity index (χ0n) is 5.10. The number of alkyl halides is 1. The van der Waals surface area contributed by atoms with E-state index in [9.17, 15) is 0 Å². The first-order chi connectivity index (χ1) is 4.34. The van der Waals surface area contributed by atoms with Crippen LogP contribution in [0.2, 0.25) is 0 Å². The molecule has 0 fully saturated rings. The molecule has 0 aliphatic heterocycles. The summed E-state index contributed by atoms with van der Waals surface area (Å²) in [5.74, 6) is 0. The van der Waals surface area contributed by atoms with E-state index in [1.807, 2.05) is 24.6 Å². The Morgan fingerprint density at radius 2 is 2.56 bits per heavy atom. The lowest BCUT2D eigenvalue weighted by atomic mass is 10.5. The second-order valence-corrected chi connectivity index (χ2v) is 3.08. The van der Waals surface area contributed by atoms with E-state index in [0.717, 1.165) is 0 Å². The van der Waals surface area contributed by atoms with Crippen LogP contribution in [0.15, 0.2) is 17.5 Å². The minimum Gasteiger partial charge on any atom is -0.300 e. The summed E-state index contributed by atoms with van der Waals surface area (Å²) >= 11 is 7.49. The zero-order chi connectivity index (χ0) is 6.69. The molecule has 1 heterocycles. The Hall–Kier alpha value is -0.0500. The van der Waals surface area contributed by atoms with E-state index >= 15 is 0 Å². The smallest absolute Gasteiger partial charge is 0.117 e. The van der Waals surface area contributed by atoms with Gasteiger partial charge in [-0.05, 0) is 18.5 Å². The summed E-state index contributed by atoms with van der Waals surface area (Å²) < 4.78 is 0. The van der Waals surface area contributed by atoms with Gasteiger partial charge in [0.1, 0.15) is 5.50 Å². The van der Waals surface area contributed by atoms with Gasteiger partial charge in [-0.25, -0.2) is 0 Å². The highest BCUT2D eigenvalue weighted by atomic mass is 35.5. The highest BCUT2D eigenvalue weighted by Gasteiger charge is 2.02. The van der Waals surface area contributed by atoms with E-state index < -0.39 is 0 Å². The molecular formula is C6H8ClNS. The summed E-state index contributed by atoms with van der Waals surface area (Å²) in [6.07, 6.45) is 0. The molecule has 1 rings (SSSR count). The molecule has 0 aromatic carbocycles. The first-order valence-electron chi connectivity index (χ1n) is 2.69. The van der Waals surface area contributed by atoms with Gasteiger partial charge in [0.15, 0.2) is 0 Å². The van der Waals surface area contributed by atoms with Gasteiger partial charge in [0.25, 0.3) is 0 Å². The molecule has 50 valence electrons. The molecule has 9 heavy (non-hydrogen) atoms. The number of halogens is 1. The summed E-state index contributed by atoms with van der Waals surface area (Å²) in [5.41, 5.74) is -0.0231. The van der Waals surface area contributed by atoms with Gasteiger partial charge >= 0.3 is 0 Å². The Morgan fingerprint density at radius 1 is 1.78 bits per heavy atom. The average molecular weight is 162 g/mol. The molecule has 0 aliphatic rings. The van der Waals surface area contributed by atoms with E-state index in [-0.39, 0.29) is 5.50 Å². The van der Waals surface area contributed by atoms with Crippen molar-refractivity contribution in [1.29, 1.82) is 0 Å². The van der Waals surface area contributed by atoms with E-state index in [0.29, 0.717) is 0 Å². The van der Waals surface area contributed by atoms with Crippen molar-refractivity contribution >= 4 is 22.9 Å². The van der Waals surface area contributed by atoms with Crippen molar-refractivity contribution in [2.24, 2.45) is 0 Å². The maximum absolute atomic E-state index is 5.83. The summed E-state index contributed by atoms with van der Waals surface area (Å²) in [7, 11) is 1.84. The minimum absolute atomic E-state index is 0.0231. The van der Waals surface area contributed by atoms with Crippen molar-refractivity contribution in [1.82, 2.24) is 5.32 Å². The molecular weight excluding hydrogens is 154 g/mol. The van der Waals surface area contributed by atoms with Gasteiger partial charge < -0.3 is 5.32 Å².